The summed E-state index contributed by atoms with van der Waals surface area (Å²) in [6.07, 6.45) is -4.18. The summed E-state index contributed by atoms with van der Waals surface area (Å²) in [7, 11) is 0. The minimum absolute atomic E-state index is 0.125. The lowest BCUT2D eigenvalue weighted by Crippen LogP contribution is -2.13. The van der Waals surface area contributed by atoms with Gasteiger partial charge in [-0.3, -0.25) is 0 Å². The van der Waals surface area contributed by atoms with Crippen molar-refractivity contribution in [3.05, 3.63) is 34.3 Å². The molecule has 0 amide bonds. The number of hydrogen-bond donors (Lipinski definition) is 2. The van der Waals surface area contributed by atoms with Gasteiger partial charge in [-0.2, -0.15) is 13.2 Å². The smallest absolute Gasteiger partial charge is 0.396 e. The first-order chi connectivity index (χ1) is 7.36. The Kier molecular flexibility index (Phi) is 4.18. The van der Waals surface area contributed by atoms with Crippen LogP contribution in [0.1, 0.15) is 23.6 Å². The molecular formula is C10H11ClF3NO. The number of rotatable bonds is 3. The SMILES string of the molecule is N[C@H](CCO)c1ccc(C(F)(F)F)c(Cl)c1. The van der Waals surface area contributed by atoms with Crippen LogP contribution >= 0.6 is 11.6 Å². The fraction of sp³-hybridized carbons (Fsp3) is 0.400. The third-order valence-corrected chi connectivity index (χ3v) is 2.48. The van der Waals surface area contributed by atoms with E-state index in [-0.39, 0.29) is 18.1 Å². The zero-order valence-corrected chi connectivity index (χ0v) is 9.02. The van der Waals surface area contributed by atoms with Gasteiger partial charge in [0.2, 0.25) is 0 Å². The van der Waals surface area contributed by atoms with Crippen LogP contribution < -0.4 is 5.73 Å². The molecule has 3 N–H and O–H groups in total. The Morgan fingerprint density at radius 1 is 1.38 bits per heavy atom. The van der Waals surface area contributed by atoms with E-state index < -0.39 is 17.8 Å². The average molecular weight is 254 g/mol. The second kappa shape index (κ2) is 5.03. The monoisotopic (exact) mass is 253 g/mol. The molecule has 16 heavy (non-hydrogen) atoms. The Balaban J connectivity index is 3.00. The van der Waals surface area contributed by atoms with Gasteiger partial charge in [-0.15, -0.1) is 0 Å². The molecule has 0 saturated heterocycles. The van der Waals surface area contributed by atoms with Crippen LogP contribution in [0.15, 0.2) is 18.2 Å². The maximum absolute atomic E-state index is 12.4. The minimum atomic E-state index is -4.46. The quantitative estimate of drug-likeness (QED) is 0.870. The largest absolute Gasteiger partial charge is 0.417 e. The van der Waals surface area contributed by atoms with Crippen molar-refractivity contribution in [1.29, 1.82) is 0 Å². The third-order valence-electron chi connectivity index (χ3n) is 2.17. The van der Waals surface area contributed by atoms with Gasteiger partial charge in [-0.05, 0) is 24.1 Å². The van der Waals surface area contributed by atoms with E-state index in [1.54, 1.807) is 0 Å². The molecule has 0 heterocycles. The van der Waals surface area contributed by atoms with Gasteiger partial charge in [0.1, 0.15) is 0 Å². The molecule has 0 fully saturated rings. The number of hydrogen-bond acceptors (Lipinski definition) is 2. The molecule has 0 aliphatic heterocycles. The zero-order valence-electron chi connectivity index (χ0n) is 8.26. The molecule has 2 nitrogen and oxygen atoms in total. The van der Waals surface area contributed by atoms with Gasteiger partial charge < -0.3 is 10.8 Å². The Morgan fingerprint density at radius 3 is 2.44 bits per heavy atom. The van der Waals surface area contributed by atoms with Crippen LogP contribution in [0.3, 0.4) is 0 Å². The summed E-state index contributed by atoms with van der Waals surface area (Å²) in [5.74, 6) is 0. The van der Waals surface area contributed by atoms with Gasteiger partial charge in [0, 0.05) is 12.6 Å². The topological polar surface area (TPSA) is 46.2 Å². The van der Waals surface area contributed by atoms with Gasteiger partial charge in [0.05, 0.1) is 10.6 Å². The lowest BCUT2D eigenvalue weighted by Gasteiger charge is -2.14. The predicted molar refractivity (Wildman–Crippen MR) is 55.1 cm³/mol. The van der Waals surface area contributed by atoms with Crippen molar-refractivity contribution in [2.75, 3.05) is 6.61 Å². The van der Waals surface area contributed by atoms with Crippen molar-refractivity contribution in [3.8, 4) is 0 Å². The molecule has 0 unspecified atom stereocenters. The fourth-order valence-electron chi connectivity index (χ4n) is 1.30. The highest BCUT2D eigenvalue weighted by Crippen LogP contribution is 2.35. The van der Waals surface area contributed by atoms with Gasteiger partial charge in [0.25, 0.3) is 0 Å². The number of alkyl halides is 3. The normalized spacial score (nSPS) is 13.9. The first-order valence-corrected chi connectivity index (χ1v) is 4.97. The number of aliphatic hydroxyl groups is 1. The van der Waals surface area contributed by atoms with E-state index in [4.69, 9.17) is 22.4 Å². The van der Waals surface area contributed by atoms with E-state index in [0.717, 1.165) is 6.07 Å². The molecule has 0 aliphatic carbocycles. The molecule has 0 bridgehead atoms. The Morgan fingerprint density at radius 2 is 2.00 bits per heavy atom. The number of nitrogens with two attached hydrogens (primary N) is 1. The maximum Gasteiger partial charge on any atom is 0.417 e. The van der Waals surface area contributed by atoms with Gasteiger partial charge in [0.15, 0.2) is 0 Å². The lowest BCUT2D eigenvalue weighted by molar-refractivity contribution is -0.137. The van der Waals surface area contributed by atoms with E-state index >= 15 is 0 Å². The highest BCUT2D eigenvalue weighted by molar-refractivity contribution is 6.31. The van der Waals surface area contributed by atoms with Crippen LogP contribution in [0, 0.1) is 0 Å². The highest BCUT2D eigenvalue weighted by Gasteiger charge is 2.33. The molecule has 1 aromatic rings. The third kappa shape index (κ3) is 3.10. The predicted octanol–water partition coefficient (Wildman–Crippen LogP) is 2.74. The van der Waals surface area contributed by atoms with Crippen LogP contribution in [0.25, 0.3) is 0 Å². The summed E-state index contributed by atoms with van der Waals surface area (Å²) in [5.41, 5.74) is 5.23. The molecule has 1 rings (SSSR count). The Labute approximate surface area is 95.8 Å². The first-order valence-electron chi connectivity index (χ1n) is 4.59. The summed E-state index contributed by atoms with van der Waals surface area (Å²) in [4.78, 5) is 0. The molecule has 90 valence electrons. The number of aliphatic hydroxyl groups excluding tert-OH is 1. The molecule has 0 spiro atoms. The standard InChI is InChI=1S/C10H11ClF3NO/c11-8-5-6(9(15)3-4-16)1-2-7(8)10(12,13)14/h1-2,5,9,16H,3-4,15H2/t9-/m1/s1. The summed E-state index contributed by atoms with van der Waals surface area (Å²) in [6.45, 7) is -0.125. The van der Waals surface area contributed by atoms with Crippen molar-refractivity contribution in [2.24, 2.45) is 5.73 Å². The Hall–Kier alpha value is -0.780. The second-order valence-electron chi connectivity index (χ2n) is 3.36. The van der Waals surface area contributed by atoms with Crippen LogP contribution in [0.4, 0.5) is 13.2 Å². The van der Waals surface area contributed by atoms with Gasteiger partial charge in [-0.1, -0.05) is 17.7 Å². The van der Waals surface area contributed by atoms with E-state index in [0.29, 0.717) is 5.56 Å². The summed E-state index contributed by atoms with van der Waals surface area (Å²) in [6, 6.07) is 2.85. The minimum Gasteiger partial charge on any atom is -0.396 e. The summed E-state index contributed by atoms with van der Waals surface area (Å²) in [5, 5.41) is 8.28. The van der Waals surface area contributed by atoms with Crippen LogP contribution in [-0.4, -0.2) is 11.7 Å². The van der Waals surface area contributed by atoms with E-state index in [1.807, 2.05) is 0 Å². The van der Waals surface area contributed by atoms with Crippen molar-refractivity contribution in [1.82, 2.24) is 0 Å². The van der Waals surface area contributed by atoms with E-state index in [2.05, 4.69) is 0 Å². The van der Waals surface area contributed by atoms with Crippen molar-refractivity contribution < 1.29 is 18.3 Å². The molecule has 0 radical (unpaired) electrons. The highest BCUT2D eigenvalue weighted by atomic mass is 35.5. The molecule has 0 aliphatic rings. The Bertz CT molecular complexity index is 368. The summed E-state index contributed by atoms with van der Waals surface area (Å²) >= 11 is 5.52. The molecule has 1 aromatic carbocycles. The molecule has 6 heteroatoms. The second-order valence-corrected chi connectivity index (χ2v) is 3.76. The van der Waals surface area contributed by atoms with Gasteiger partial charge >= 0.3 is 6.18 Å². The van der Waals surface area contributed by atoms with E-state index in [9.17, 15) is 13.2 Å². The molecular weight excluding hydrogens is 243 g/mol. The van der Waals surface area contributed by atoms with Crippen LogP contribution in [0.5, 0.6) is 0 Å². The van der Waals surface area contributed by atoms with E-state index in [1.165, 1.54) is 12.1 Å². The maximum atomic E-state index is 12.4. The summed E-state index contributed by atoms with van der Waals surface area (Å²) < 4.78 is 37.1. The van der Waals surface area contributed by atoms with Crippen LogP contribution in [-0.2, 0) is 6.18 Å². The number of halogens is 4. The van der Waals surface area contributed by atoms with Crippen molar-refractivity contribution in [2.45, 2.75) is 18.6 Å². The molecule has 0 aromatic heterocycles. The zero-order chi connectivity index (χ0) is 12.3. The number of benzene rings is 1. The van der Waals surface area contributed by atoms with Crippen molar-refractivity contribution >= 4 is 11.6 Å². The molecule has 1 atom stereocenters. The average Bonchev–Trinajstić information content (AvgIpc) is 2.16. The first kappa shape index (κ1) is 13.3. The van der Waals surface area contributed by atoms with Gasteiger partial charge in [-0.25, -0.2) is 0 Å². The lowest BCUT2D eigenvalue weighted by atomic mass is 10.0. The molecule has 0 saturated carbocycles. The fourth-order valence-corrected chi connectivity index (χ4v) is 1.59. The van der Waals surface area contributed by atoms with Crippen LogP contribution in [0.2, 0.25) is 5.02 Å². The van der Waals surface area contributed by atoms with Crippen molar-refractivity contribution in [3.63, 3.8) is 0 Å².